The van der Waals surface area contributed by atoms with E-state index in [1.807, 2.05) is 24.3 Å². The fourth-order valence-electron chi connectivity index (χ4n) is 2.07. The second kappa shape index (κ2) is 7.26. The fraction of sp³-hybridized carbons (Fsp3) is 0.188. The number of anilines is 2. The van der Waals surface area contributed by atoms with Gasteiger partial charge in [-0.1, -0.05) is 12.1 Å². The van der Waals surface area contributed by atoms with E-state index in [4.69, 9.17) is 5.14 Å². The lowest BCUT2D eigenvalue weighted by atomic mass is 10.1. The van der Waals surface area contributed by atoms with Crippen LogP contribution in [0.25, 0.3) is 0 Å². The molecule has 0 radical (unpaired) electrons. The van der Waals surface area contributed by atoms with Gasteiger partial charge in [-0.15, -0.1) is 0 Å². The SMILES string of the molecule is CC(=O)Nc1ccc(NCCc2ccc(S(N)(=O)=O)cc2)cc1. The van der Waals surface area contributed by atoms with E-state index in [1.54, 1.807) is 12.1 Å². The molecule has 0 heterocycles. The monoisotopic (exact) mass is 333 g/mol. The van der Waals surface area contributed by atoms with Gasteiger partial charge in [-0.3, -0.25) is 4.79 Å². The Morgan fingerprint density at radius 2 is 1.57 bits per heavy atom. The number of carbonyl (C=O) groups is 1. The van der Waals surface area contributed by atoms with E-state index in [9.17, 15) is 13.2 Å². The van der Waals surface area contributed by atoms with Crippen molar-refractivity contribution in [1.82, 2.24) is 0 Å². The first-order chi connectivity index (χ1) is 10.8. The molecular weight excluding hydrogens is 314 g/mol. The van der Waals surface area contributed by atoms with E-state index in [-0.39, 0.29) is 10.8 Å². The molecule has 0 aliphatic rings. The molecule has 6 nitrogen and oxygen atoms in total. The Morgan fingerprint density at radius 1 is 1.00 bits per heavy atom. The largest absolute Gasteiger partial charge is 0.385 e. The minimum absolute atomic E-state index is 0.103. The summed E-state index contributed by atoms with van der Waals surface area (Å²) in [6.45, 7) is 2.17. The van der Waals surface area contributed by atoms with E-state index >= 15 is 0 Å². The molecule has 0 aromatic heterocycles. The number of rotatable bonds is 6. The van der Waals surface area contributed by atoms with E-state index in [0.29, 0.717) is 6.54 Å². The van der Waals surface area contributed by atoms with E-state index in [0.717, 1.165) is 23.4 Å². The second-order valence-corrected chi connectivity index (χ2v) is 6.69. The summed E-state index contributed by atoms with van der Waals surface area (Å²) in [5.41, 5.74) is 2.71. The van der Waals surface area contributed by atoms with Gasteiger partial charge < -0.3 is 10.6 Å². The van der Waals surface area contributed by atoms with Crippen molar-refractivity contribution in [2.45, 2.75) is 18.2 Å². The Balaban J connectivity index is 1.86. The van der Waals surface area contributed by atoms with Crippen molar-refractivity contribution in [2.75, 3.05) is 17.2 Å². The van der Waals surface area contributed by atoms with Crippen molar-refractivity contribution in [3.63, 3.8) is 0 Å². The minimum atomic E-state index is -3.64. The molecule has 0 aliphatic heterocycles. The number of hydrogen-bond acceptors (Lipinski definition) is 4. The van der Waals surface area contributed by atoms with Gasteiger partial charge in [0, 0.05) is 24.8 Å². The lowest BCUT2D eigenvalue weighted by Gasteiger charge is -2.08. The van der Waals surface area contributed by atoms with Gasteiger partial charge in [0.05, 0.1) is 4.90 Å². The van der Waals surface area contributed by atoms with Crippen LogP contribution in [0.1, 0.15) is 12.5 Å². The van der Waals surface area contributed by atoms with Crippen molar-refractivity contribution in [3.05, 3.63) is 54.1 Å². The molecule has 2 aromatic rings. The highest BCUT2D eigenvalue weighted by Gasteiger charge is 2.06. The standard InChI is InChI=1S/C16H19N3O3S/c1-12(20)19-15-6-4-14(5-7-15)18-11-10-13-2-8-16(9-3-13)23(17,21)22/h2-9,18H,10-11H2,1H3,(H,19,20)(H2,17,21,22). The molecule has 0 saturated carbocycles. The van der Waals surface area contributed by atoms with Gasteiger partial charge in [0.1, 0.15) is 0 Å². The van der Waals surface area contributed by atoms with Crippen LogP contribution in [0.3, 0.4) is 0 Å². The average molecular weight is 333 g/mol. The molecular formula is C16H19N3O3S. The van der Waals surface area contributed by atoms with Crippen LogP contribution in [-0.4, -0.2) is 20.9 Å². The third-order valence-corrected chi connectivity index (χ3v) is 4.13. The third-order valence-electron chi connectivity index (χ3n) is 3.20. The van der Waals surface area contributed by atoms with Gasteiger partial charge in [0.2, 0.25) is 15.9 Å². The zero-order valence-corrected chi connectivity index (χ0v) is 13.6. The number of amides is 1. The van der Waals surface area contributed by atoms with Crippen LogP contribution in [0.5, 0.6) is 0 Å². The van der Waals surface area contributed by atoms with Gasteiger partial charge in [-0.05, 0) is 48.4 Å². The van der Waals surface area contributed by atoms with Crippen molar-refractivity contribution >= 4 is 27.3 Å². The Bertz CT molecular complexity index is 769. The number of primary sulfonamides is 1. The quantitative estimate of drug-likeness (QED) is 0.752. The molecule has 0 saturated heterocycles. The molecule has 2 aromatic carbocycles. The molecule has 23 heavy (non-hydrogen) atoms. The molecule has 0 atom stereocenters. The van der Waals surface area contributed by atoms with E-state index in [1.165, 1.54) is 19.1 Å². The van der Waals surface area contributed by atoms with Gasteiger partial charge >= 0.3 is 0 Å². The first-order valence-corrected chi connectivity index (χ1v) is 8.62. The summed E-state index contributed by atoms with van der Waals surface area (Å²) < 4.78 is 22.4. The molecule has 2 rings (SSSR count). The highest BCUT2D eigenvalue weighted by Crippen LogP contribution is 2.14. The molecule has 1 amide bonds. The summed E-state index contributed by atoms with van der Waals surface area (Å²) in [6, 6.07) is 13.9. The number of hydrogen-bond donors (Lipinski definition) is 3. The second-order valence-electron chi connectivity index (χ2n) is 5.12. The lowest BCUT2D eigenvalue weighted by molar-refractivity contribution is -0.114. The van der Waals surface area contributed by atoms with Crippen LogP contribution in [-0.2, 0) is 21.2 Å². The van der Waals surface area contributed by atoms with E-state index in [2.05, 4.69) is 10.6 Å². The van der Waals surface area contributed by atoms with Crippen LogP contribution >= 0.6 is 0 Å². The van der Waals surface area contributed by atoms with Gasteiger partial charge in [-0.25, -0.2) is 13.6 Å². The molecule has 0 bridgehead atoms. The summed E-state index contributed by atoms with van der Waals surface area (Å²) in [5.74, 6) is -0.103. The lowest BCUT2D eigenvalue weighted by Crippen LogP contribution is -2.12. The predicted molar refractivity (Wildman–Crippen MR) is 90.8 cm³/mol. The summed E-state index contributed by atoms with van der Waals surface area (Å²) in [6.07, 6.45) is 0.748. The van der Waals surface area contributed by atoms with Crippen molar-refractivity contribution in [3.8, 4) is 0 Å². The van der Waals surface area contributed by atoms with Gasteiger partial charge in [0.25, 0.3) is 0 Å². The molecule has 7 heteroatoms. The summed E-state index contributed by atoms with van der Waals surface area (Å²) in [4.78, 5) is 11.1. The van der Waals surface area contributed by atoms with Crippen LogP contribution in [0, 0.1) is 0 Å². The Kier molecular flexibility index (Phi) is 5.36. The average Bonchev–Trinajstić information content (AvgIpc) is 2.48. The zero-order chi connectivity index (χ0) is 16.9. The maximum atomic E-state index is 11.2. The Hall–Kier alpha value is -2.38. The third kappa shape index (κ3) is 5.39. The summed E-state index contributed by atoms with van der Waals surface area (Å²) >= 11 is 0. The smallest absolute Gasteiger partial charge is 0.238 e. The normalized spacial score (nSPS) is 11.0. The summed E-state index contributed by atoms with van der Waals surface area (Å²) in [5, 5.41) is 11.0. The van der Waals surface area contributed by atoms with Crippen molar-refractivity contribution < 1.29 is 13.2 Å². The molecule has 4 N–H and O–H groups in total. The van der Waals surface area contributed by atoms with Gasteiger partial charge in [-0.2, -0.15) is 0 Å². The maximum absolute atomic E-state index is 11.2. The van der Waals surface area contributed by atoms with Crippen molar-refractivity contribution in [1.29, 1.82) is 0 Å². The number of benzene rings is 2. The zero-order valence-electron chi connectivity index (χ0n) is 12.7. The summed E-state index contributed by atoms with van der Waals surface area (Å²) in [7, 11) is -3.64. The Labute approximate surface area is 135 Å². The van der Waals surface area contributed by atoms with Crippen LogP contribution < -0.4 is 15.8 Å². The molecule has 0 unspecified atom stereocenters. The topological polar surface area (TPSA) is 101 Å². The van der Waals surface area contributed by atoms with Crippen LogP contribution in [0.15, 0.2) is 53.4 Å². The molecule has 122 valence electrons. The Morgan fingerprint density at radius 3 is 2.09 bits per heavy atom. The first kappa shape index (κ1) is 17.0. The fourth-order valence-corrected chi connectivity index (χ4v) is 2.59. The molecule has 0 fully saturated rings. The van der Waals surface area contributed by atoms with Crippen LogP contribution in [0.4, 0.5) is 11.4 Å². The van der Waals surface area contributed by atoms with Gasteiger partial charge in [0.15, 0.2) is 0 Å². The minimum Gasteiger partial charge on any atom is -0.385 e. The van der Waals surface area contributed by atoms with Crippen molar-refractivity contribution in [2.24, 2.45) is 5.14 Å². The first-order valence-electron chi connectivity index (χ1n) is 7.08. The number of sulfonamides is 1. The highest BCUT2D eigenvalue weighted by atomic mass is 32.2. The molecule has 0 spiro atoms. The maximum Gasteiger partial charge on any atom is 0.238 e. The molecule has 0 aliphatic carbocycles. The predicted octanol–water partition coefficient (Wildman–Crippen LogP) is 1.95. The number of carbonyl (C=O) groups excluding carboxylic acids is 1. The van der Waals surface area contributed by atoms with Crippen LogP contribution in [0.2, 0.25) is 0 Å². The van der Waals surface area contributed by atoms with E-state index < -0.39 is 10.0 Å². The number of nitrogens with two attached hydrogens (primary N) is 1. The number of nitrogens with one attached hydrogen (secondary N) is 2. The highest BCUT2D eigenvalue weighted by molar-refractivity contribution is 7.89.